The number of para-hydroxylation sites is 2. The molecule has 0 unspecified atom stereocenters. The number of ether oxygens (including phenoxy) is 3. The van der Waals surface area contributed by atoms with Crippen molar-refractivity contribution in [1.29, 1.82) is 0 Å². The third-order valence-corrected chi connectivity index (χ3v) is 3.94. The zero-order valence-electron chi connectivity index (χ0n) is 14.9. The van der Waals surface area contributed by atoms with Crippen LogP contribution < -0.4 is 19.5 Å². The number of hydrogen-bond donors (Lipinski definition) is 1. The highest BCUT2D eigenvalue weighted by Crippen LogP contribution is 2.36. The number of methoxy groups -OCH3 is 2. The van der Waals surface area contributed by atoms with E-state index >= 15 is 0 Å². The van der Waals surface area contributed by atoms with Crippen molar-refractivity contribution in [3.8, 4) is 17.2 Å². The van der Waals surface area contributed by atoms with Gasteiger partial charge in [-0.2, -0.15) is 4.98 Å². The molecule has 0 bridgehead atoms. The van der Waals surface area contributed by atoms with Gasteiger partial charge in [0.15, 0.2) is 11.5 Å². The molecule has 0 saturated carbocycles. The Balaban J connectivity index is 2.08. The van der Waals surface area contributed by atoms with E-state index in [0.29, 0.717) is 29.4 Å². The van der Waals surface area contributed by atoms with Gasteiger partial charge >= 0.3 is 0 Å². The number of halogens is 1. The van der Waals surface area contributed by atoms with Crippen molar-refractivity contribution in [3.05, 3.63) is 41.7 Å². The number of hydrogen-bond acceptors (Lipinski definition) is 6. The smallest absolute Gasteiger partial charge is 0.224 e. The van der Waals surface area contributed by atoms with Crippen molar-refractivity contribution < 1.29 is 14.2 Å². The monoisotopic (exact) mass is 373 g/mol. The van der Waals surface area contributed by atoms with Crippen molar-refractivity contribution in [1.82, 2.24) is 9.97 Å². The molecule has 0 radical (unpaired) electrons. The fraction of sp³-hybridized carbons (Fsp3) is 0.263. The van der Waals surface area contributed by atoms with Gasteiger partial charge in [0.25, 0.3) is 0 Å². The maximum absolute atomic E-state index is 6.12. The molecule has 0 saturated heterocycles. The Morgan fingerprint density at radius 1 is 1.00 bits per heavy atom. The van der Waals surface area contributed by atoms with Crippen LogP contribution >= 0.6 is 11.6 Å². The van der Waals surface area contributed by atoms with Gasteiger partial charge in [0.05, 0.1) is 32.0 Å². The number of fused-ring (bicyclic) bond motifs is 1. The van der Waals surface area contributed by atoms with Gasteiger partial charge in [0, 0.05) is 11.5 Å². The molecule has 0 atom stereocenters. The molecular formula is C19H20ClN3O3. The van der Waals surface area contributed by atoms with Gasteiger partial charge in [-0.3, -0.25) is 0 Å². The zero-order chi connectivity index (χ0) is 18.5. The first kappa shape index (κ1) is 18.1. The van der Waals surface area contributed by atoms with Crippen LogP contribution in [-0.4, -0.2) is 30.8 Å². The lowest BCUT2D eigenvalue weighted by Gasteiger charge is -2.15. The molecule has 7 heteroatoms. The highest BCUT2D eigenvalue weighted by Gasteiger charge is 2.14. The Morgan fingerprint density at radius 3 is 2.46 bits per heavy atom. The van der Waals surface area contributed by atoms with E-state index in [2.05, 4.69) is 22.2 Å². The molecule has 0 fully saturated rings. The summed E-state index contributed by atoms with van der Waals surface area (Å²) in [6, 6.07) is 11.3. The summed E-state index contributed by atoms with van der Waals surface area (Å²) >= 11 is 6.12. The van der Waals surface area contributed by atoms with Gasteiger partial charge in [-0.1, -0.05) is 19.1 Å². The van der Waals surface area contributed by atoms with E-state index in [1.165, 1.54) is 0 Å². The van der Waals surface area contributed by atoms with E-state index < -0.39 is 0 Å². The van der Waals surface area contributed by atoms with Gasteiger partial charge in [0.2, 0.25) is 5.28 Å². The minimum absolute atomic E-state index is 0.138. The predicted octanol–water partition coefficient (Wildman–Crippen LogP) is 4.83. The summed E-state index contributed by atoms with van der Waals surface area (Å²) < 4.78 is 16.5. The quantitative estimate of drug-likeness (QED) is 0.598. The minimum Gasteiger partial charge on any atom is -0.493 e. The summed E-state index contributed by atoms with van der Waals surface area (Å²) in [7, 11) is 3.16. The molecule has 6 nitrogen and oxygen atoms in total. The van der Waals surface area contributed by atoms with Crippen molar-refractivity contribution in [2.45, 2.75) is 13.3 Å². The van der Waals surface area contributed by atoms with E-state index in [0.717, 1.165) is 23.2 Å². The maximum Gasteiger partial charge on any atom is 0.224 e. The SMILES string of the molecule is CCCOc1ccccc1Nc1nc(Cl)nc2cc(OC)c(OC)cc12. The van der Waals surface area contributed by atoms with Crippen LogP contribution in [0.2, 0.25) is 5.28 Å². The van der Waals surface area contributed by atoms with Crippen LogP contribution in [0.1, 0.15) is 13.3 Å². The molecule has 3 aromatic rings. The van der Waals surface area contributed by atoms with Crippen LogP contribution in [-0.2, 0) is 0 Å². The molecule has 1 heterocycles. The highest BCUT2D eigenvalue weighted by molar-refractivity contribution is 6.28. The molecule has 2 aromatic carbocycles. The molecule has 0 spiro atoms. The Bertz CT molecular complexity index is 918. The van der Waals surface area contributed by atoms with Crippen LogP contribution in [0.4, 0.5) is 11.5 Å². The first-order chi connectivity index (χ1) is 12.7. The molecule has 1 N–H and O–H groups in total. The summed E-state index contributed by atoms with van der Waals surface area (Å²) in [6.45, 7) is 2.70. The summed E-state index contributed by atoms with van der Waals surface area (Å²) in [6.07, 6.45) is 0.924. The second-order valence-electron chi connectivity index (χ2n) is 5.54. The van der Waals surface area contributed by atoms with E-state index in [1.54, 1.807) is 20.3 Å². The number of nitrogens with zero attached hydrogens (tertiary/aromatic N) is 2. The lowest BCUT2D eigenvalue weighted by atomic mass is 10.2. The summed E-state index contributed by atoms with van der Waals surface area (Å²) in [5.74, 6) is 2.48. The fourth-order valence-corrected chi connectivity index (χ4v) is 2.73. The van der Waals surface area contributed by atoms with Crippen LogP contribution in [0, 0.1) is 0 Å². The molecule has 0 amide bonds. The largest absolute Gasteiger partial charge is 0.493 e. The molecule has 136 valence electrons. The van der Waals surface area contributed by atoms with Crippen molar-refractivity contribution >= 4 is 34.0 Å². The van der Waals surface area contributed by atoms with Crippen LogP contribution in [0.25, 0.3) is 10.9 Å². The van der Waals surface area contributed by atoms with Gasteiger partial charge in [0.1, 0.15) is 11.6 Å². The summed E-state index contributed by atoms with van der Waals surface area (Å²) in [4.78, 5) is 8.62. The van der Waals surface area contributed by atoms with Crippen molar-refractivity contribution in [3.63, 3.8) is 0 Å². The minimum atomic E-state index is 0.138. The normalized spacial score (nSPS) is 10.6. The second-order valence-corrected chi connectivity index (χ2v) is 5.87. The zero-order valence-corrected chi connectivity index (χ0v) is 15.6. The topological polar surface area (TPSA) is 65.5 Å². The average Bonchev–Trinajstić information content (AvgIpc) is 2.66. The third kappa shape index (κ3) is 3.75. The highest BCUT2D eigenvalue weighted by atomic mass is 35.5. The molecule has 1 aromatic heterocycles. The summed E-state index contributed by atoms with van der Waals surface area (Å²) in [5.41, 5.74) is 1.45. The van der Waals surface area contributed by atoms with E-state index in [-0.39, 0.29) is 5.28 Å². The average molecular weight is 374 g/mol. The van der Waals surface area contributed by atoms with Crippen LogP contribution in [0.15, 0.2) is 36.4 Å². The predicted molar refractivity (Wildman–Crippen MR) is 103 cm³/mol. The van der Waals surface area contributed by atoms with Gasteiger partial charge in [-0.25, -0.2) is 4.98 Å². The van der Waals surface area contributed by atoms with Crippen molar-refractivity contribution in [2.24, 2.45) is 0 Å². The molecular weight excluding hydrogens is 354 g/mol. The fourth-order valence-electron chi connectivity index (χ4n) is 2.56. The Hall–Kier alpha value is -2.73. The van der Waals surface area contributed by atoms with Gasteiger partial charge in [-0.05, 0) is 36.2 Å². The number of benzene rings is 2. The lowest BCUT2D eigenvalue weighted by Crippen LogP contribution is -2.02. The third-order valence-electron chi connectivity index (χ3n) is 3.78. The van der Waals surface area contributed by atoms with E-state index in [9.17, 15) is 0 Å². The van der Waals surface area contributed by atoms with Gasteiger partial charge < -0.3 is 19.5 Å². The van der Waals surface area contributed by atoms with Crippen LogP contribution in [0.3, 0.4) is 0 Å². The molecule has 0 aliphatic rings. The molecule has 3 rings (SSSR count). The van der Waals surface area contributed by atoms with Crippen molar-refractivity contribution in [2.75, 3.05) is 26.1 Å². The van der Waals surface area contributed by atoms with E-state index in [1.807, 2.05) is 30.3 Å². The first-order valence-corrected chi connectivity index (χ1v) is 8.62. The Kier molecular flexibility index (Phi) is 5.63. The lowest BCUT2D eigenvalue weighted by molar-refractivity contribution is 0.319. The van der Waals surface area contributed by atoms with Crippen LogP contribution in [0.5, 0.6) is 17.2 Å². The number of aromatic nitrogens is 2. The molecule has 0 aliphatic heterocycles. The standard InChI is InChI=1S/C19H20ClN3O3/c1-4-9-26-15-8-6-5-7-13(15)21-18-12-10-16(24-2)17(25-3)11-14(12)22-19(20)23-18/h5-8,10-11H,4,9H2,1-3H3,(H,21,22,23). The molecule has 0 aliphatic carbocycles. The number of rotatable bonds is 7. The maximum atomic E-state index is 6.12. The second kappa shape index (κ2) is 8.10. The first-order valence-electron chi connectivity index (χ1n) is 8.24. The molecule has 26 heavy (non-hydrogen) atoms. The van der Waals surface area contributed by atoms with E-state index in [4.69, 9.17) is 25.8 Å². The number of anilines is 2. The Labute approximate surface area is 157 Å². The summed E-state index contributed by atoms with van der Waals surface area (Å²) in [5, 5.41) is 4.20. The Morgan fingerprint density at radius 2 is 1.73 bits per heavy atom. The van der Waals surface area contributed by atoms with Gasteiger partial charge in [-0.15, -0.1) is 0 Å². The number of nitrogens with one attached hydrogen (secondary N) is 1.